The molecule has 0 aliphatic rings. The van der Waals surface area contributed by atoms with Gasteiger partial charge in [-0.2, -0.15) is 0 Å². The molecule has 20 heavy (non-hydrogen) atoms. The van der Waals surface area contributed by atoms with Gasteiger partial charge in [-0.1, -0.05) is 6.92 Å². The molecule has 0 fully saturated rings. The molecule has 5 nitrogen and oxygen atoms in total. The molecule has 0 saturated heterocycles. The first-order valence-electron chi connectivity index (χ1n) is 7.35. The van der Waals surface area contributed by atoms with E-state index in [2.05, 4.69) is 31.4 Å². The first-order valence-corrected chi connectivity index (χ1v) is 7.35. The van der Waals surface area contributed by atoms with E-state index in [0.29, 0.717) is 6.54 Å². The van der Waals surface area contributed by atoms with Gasteiger partial charge in [0.25, 0.3) is 0 Å². The van der Waals surface area contributed by atoms with E-state index >= 15 is 0 Å². The number of ether oxygens (including phenoxy) is 2. The minimum absolute atomic E-state index is 0.121. The van der Waals surface area contributed by atoms with E-state index in [-0.39, 0.29) is 17.7 Å². The summed E-state index contributed by atoms with van der Waals surface area (Å²) in [5, 5.41) is 6.22. The van der Waals surface area contributed by atoms with Crippen LogP contribution >= 0.6 is 0 Å². The molecule has 120 valence electrons. The summed E-state index contributed by atoms with van der Waals surface area (Å²) in [4.78, 5) is 11.6. The number of carbonyl (C=O) groups is 1. The Morgan fingerprint density at radius 3 is 2.25 bits per heavy atom. The molecule has 0 aromatic rings. The van der Waals surface area contributed by atoms with Crippen LogP contribution in [0.15, 0.2) is 0 Å². The Bertz CT molecular complexity index is 285. The molecule has 0 heterocycles. The Morgan fingerprint density at radius 1 is 1.20 bits per heavy atom. The van der Waals surface area contributed by atoms with E-state index in [1.54, 1.807) is 7.11 Å². The van der Waals surface area contributed by atoms with E-state index in [9.17, 15) is 4.79 Å². The quantitative estimate of drug-likeness (QED) is 0.721. The van der Waals surface area contributed by atoms with E-state index in [1.165, 1.54) is 0 Å². The summed E-state index contributed by atoms with van der Waals surface area (Å²) in [6.07, 6.45) is 1.50. The van der Waals surface area contributed by atoms with E-state index in [0.717, 1.165) is 19.4 Å². The van der Waals surface area contributed by atoms with Crippen LogP contribution in [-0.2, 0) is 9.47 Å². The van der Waals surface area contributed by atoms with Gasteiger partial charge >= 0.3 is 6.09 Å². The van der Waals surface area contributed by atoms with Crippen molar-refractivity contribution in [2.45, 2.75) is 71.6 Å². The number of hydrogen-bond acceptors (Lipinski definition) is 4. The Morgan fingerprint density at radius 2 is 1.80 bits per heavy atom. The topological polar surface area (TPSA) is 59.6 Å². The number of alkyl carbamates (subject to hydrolysis) is 1. The highest BCUT2D eigenvalue weighted by atomic mass is 16.6. The summed E-state index contributed by atoms with van der Waals surface area (Å²) < 4.78 is 10.6. The first-order chi connectivity index (χ1) is 9.09. The number of rotatable bonds is 8. The summed E-state index contributed by atoms with van der Waals surface area (Å²) in [5.41, 5.74) is -0.578. The van der Waals surface area contributed by atoms with Gasteiger partial charge in [-0.3, -0.25) is 0 Å². The molecule has 0 saturated carbocycles. The predicted octanol–water partition coefficient (Wildman–Crippen LogP) is 2.69. The molecule has 2 N–H and O–H groups in total. The standard InChI is InChI=1S/C15H32N2O3/c1-8-12(16-10-9-15(5,6)19-7)11-17-13(18)20-14(2,3)4/h12,16H,8-11H2,1-7H3,(H,17,18). The molecule has 0 aliphatic carbocycles. The van der Waals surface area contributed by atoms with Gasteiger partial charge in [-0.25, -0.2) is 4.79 Å². The fourth-order valence-electron chi connectivity index (χ4n) is 1.56. The molecule has 5 heteroatoms. The van der Waals surface area contributed by atoms with Crippen LogP contribution in [-0.4, -0.2) is 43.5 Å². The normalized spacial score (nSPS) is 13.9. The molecule has 0 rings (SSSR count). The van der Waals surface area contributed by atoms with Gasteiger partial charge in [0.1, 0.15) is 5.60 Å². The number of methoxy groups -OCH3 is 1. The van der Waals surface area contributed by atoms with Gasteiger partial charge < -0.3 is 20.1 Å². The molecule has 0 aromatic carbocycles. The maximum Gasteiger partial charge on any atom is 0.407 e. The minimum atomic E-state index is -0.457. The average Bonchev–Trinajstić information content (AvgIpc) is 2.31. The second kappa shape index (κ2) is 8.47. The number of carbonyl (C=O) groups excluding carboxylic acids is 1. The highest BCUT2D eigenvalue weighted by Crippen LogP contribution is 2.11. The molecular weight excluding hydrogens is 256 g/mol. The lowest BCUT2D eigenvalue weighted by Crippen LogP contribution is -2.43. The molecule has 0 aliphatic heterocycles. The summed E-state index contributed by atoms with van der Waals surface area (Å²) in [6.45, 7) is 13.2. The lowest BCUT2D eigenvalue weighted by molar-refractivity contribution is 0.0152. The largest absolute Gasteiger partial charge is 0.444 e. The van der Waals surface area contributed by atoms with Crippen LogP contribution in [0.4, 0.5) is 4.79 Å². The highest BCUT2D eigenvalue weighted by molar-refractivity contribution is 5.67. The van der Waals surface area contributed by atoms with Gasteiger partial charge in [0.2, 0.25) is 0 Å². The van der Waals surface area contributed by atoms with E-state index < -0.39 is 5.60 Å². The van der Waals surface area contributed by atoms with Gasteiger partial charge in [0.05, 0.1) is 5.60 Å². The van der Waals surface area contributed by atoms with Crippen LogP contribution < -0.4 is 10.6 Å². The number of amides is 1. The maximum atomic E-state index is 11.6. The van der Waals surface area contributed by atoms with Crippen LogP contribution in [0.25, 0.3) is 0 Å². The van der Waals surface area contributed by atoms with Crippen molar-refractivity contribution >= 4 is 6.09 Å². The molecule has 0 aromatic heterocycles. The summed E-state index contributed by atoms with van der Waals surface area (Å²) in [6, 6.07) is 0.246. The third kappa shape index (κ3) is 10.0. The second-order valence-corrected chi connectivity index (χ2v) is 6.66. The molecule has 0 bridgehead atoms. The Balaban J connectivity index is 3.96. The first kappa shape index (κ1) is 19.2. The third-order valence-electron chi connectivity index (χ3n) is 3.10. The Kier molecular flexibility index (Phi) is 8.13. The van der Waals surface area contributed by atoms with Gasteiger partial charge in [0.15, 0.2) is 0 Å². The van der Waals surface area contributed by atoms with Crippen molar-refractivity contribution in [1.29, 1.82) is 0 Å². The number of hydrogen-bond donors (Lipinski definition) is 2. The van der Waals surface area contributed by atoms with Gasteiger partial charge in [-0.15, -0.1) is 0 Å². The van der Waals surface area contributed by atoms with Crippen molar-refractivity contribution < 1.29 is 14.3 Å². The van der Waals surface area contributed by atoms with Gasteiger partial charge in [-0.05, 0) is 54.0 Å². The van der Waals surface area contributed by atoms with Crippen molar-refractivity contribution in [2.24, 2.45) is 0 Å². The van der Waals surface area contributed by atoms with Crippen molar-refractivity contribution in [3.05, 3.63) is 0 Å². The Labute approximate surface area is 123 Å². The fraction of sp³-hybridized carbons (Fsp3) is 0.933. The van der Waals surface area contributed by atoms with Gasteiger partial charge in [0, 0.05) is 19.7 Å². The number of nitrogens with one attached hydrogen (secondary N) is 2. The van der Waals surface area contributed by atoms with Crippen molar-refractivity contribution in [2.75, 3.05) is 20.2 Å². The smallest absolute Gasteiger partial charge is 0.407 e. The molecule has 1 amide bonds. The SMILES string of the molecule is CCC(CNC(=O)OC(C)(C)C)NCCC(C)(C)OC. The highest BCUT2D eigenvalue weighted by Gasteiger charge is 2.18. The van der Waals surface area contributed by atoms with E-state index in [4.69, 9.17) is 9.47 Å². The summed E-state index contributed by atoms with van der Waals surface area (Å²) in [5.74, 6) is 0. The molecule has 1 atom stereocenters. The molecular formula is C15H32N2O3. The average molecular weight is 288 g/mol. The second-order valence-electron chi connectivity index (χ2n) is 6.66. The maximum absolute atomic E-state index is 11.6. The van der Waals surface area contributed by atoms with Crippen molar-refractivity contribution in [3.8, 4) is 0 Å². The molecule has 0 radical (unpaired) electrons. The summed E-state index contributed by atoms with van der Waals surface area (Å²) >= 11 is 0. The van der Waals surface area contributed by atoms with Crippen LogP contribution in [0.3, 0.4) is 0 Å². The van der Waals surface area contributed by atoms with Crippen LogP contribution in [0.1, 0.15) is 54.4 Å². The monoisotopic (exact) mass is 288 g/mol. The summed E-state index contributed by atoms with van der Waals surface area (Å²) in [7, 11) is 1.72. The fourth-order valence-corrected chi connectivity index (χ4v) is 1.56. The Hall–Kier alpha value is -0.810. The molecule has 0 spiro atoms. The van der Waals surface area contributed by atoms with Crippen LogP contribution in [0.5, 0.6) is 0 Å². The lowest BCUT2D eigenvalue weighted by atomic mass is 10.1. The predicted molar refractivity (Wildman–Crippen MR) is 82.0 cm³/mol. The lowest BCUT2D eigenvalue weighted by Gasteiger charge is -2.25. The van der Waals surface area contributed by atoms with Crippen molar-refractivity contribution in [3.63, 3.8) is 0 Å². The van der Waals surface area contributed by atoms with E-state index in [1.807, 2.05) is 20.8 Å². The zero-order valence-electron chi connectivity index (χ0n) is 14.1. The van der Waals surface area contributed by atoms with Crippen molar-refractivity contribution in [1.82, 2.24) is 10.6 Å². The van der Waals surface area contributed by atoms with Crippen LogP contribution in [0, 0.1) is 0 Å². The zero-order valence-corrected chi connectivity index (χ0v) is 14.1. The van der Waals surface area contributed by atoms with Crippen LogP contribution in [0.2, 0.25) is 0 Å². The zero-order chi connectivity index (χ0) is 15.8. The molecule has 1 unspecified atom stereocenters. The minimum Gasteiger partial charge on any atom is -0.444 e. The third-order valence-corrected chi connectivity index (χ3v) is 3.10.